The highest BCUT2D eigenvalue weighted by Crippen LogP contribution is 2.22. The molecule has 2 N–H and O–H groups in total. The number of rotatable bonds is 7. The molecule has 0 atom stereocenters. The molecular weight excluding hydrogens is 358 g/mol. The Kier molecular flexibility index (Phi) is 6.99. The highest BCUT2D eigenvalue weighted by molar-refractivity contribution is 6.30. The van der Waals surface area contributed by atoms with Crippen LogP contribution in [0.5, 0.6) is 11.5 Å². The monoisotopic (exact) mass is 375 g/mol. The van der Waals surface area contributed by atoms with Crippen molar-refractivity contribution in [2.24, 2.45) is 5.10 Å². The van der Waals surface area contributed by atoms with Crippen LogP contribution in [0, 0.1) is 0 Å². The molecule has 2 amide bonds. The van der Waals surface area contributed by atoms with Crippen molar-refractivity contribution < 1.29 is 19.1 Å². The highest BCUT2D eigenvalue weighted by atomic mass is 35.5. The molecule has 2 aromatic carbocycles. The summed E-state index contributed by atoms with van der Waals surface area (Å²) in [6, 6.07) is 11.5. The van der Waals surface area contributed by atoms with Crippen LogP contribution < -0.4 is 20.2 Å². The Labute approximate surface area is 155 Å². The third kappa shape index (κ3) is 5.49. The van der Waals surface area contributed by atoms with E-state index in [1.54, 1.807) is 49.6 Å². The van der Waals surface area contributed by atoms with E-state index in [0.717, 1.165) is 0 Å². The van der Waals surface area contributed by atoms with Gasteiger partial charge in [0.2, 0.25) is 0 Å². The molecule has 7 nitrogen and oxygen atoms in total. The minimum absolute atomic E-state index is 0.214. The lowest BCUT2D eigenvalue weighted by Gasteiger charge is -2.07. The summed E-state index contributed by atoms with van der Waals surface area (Å²) in [5, 5.41) is 6.88. The molecule has 0 unspecified atom stereocenters. The molecule has 0 radical (unpaired) electrons. The Morgan fingerprint density at radius 2 is 1.85 bits per heavy atom. The Hall–Kier alpha value is -3.06. The lowest BCUT2D eigenvalue weighted by Crippen LogP contribution is -2.34. The number of hydrogen-bond donors (Lipinski definition) is 2. The third-order valence-corrected chi connectivity index (χ3v) is 3.60. The Morgan fingerprint density at radius 3 is 2.50 bits per heavy atom. The zero-order chi connectivity index (χ0) is 18.9. The minimum Gasteiger partial charge on any atom is -0.497 e. The number of benzene rings is 2. The van der Waals surface area contributed by atoms with E-state index in [0.29, 0.717) is 27.6 Å². The van der Waals surface area contributed by atoms with Crippen LogP contribution in [0.3, 0.4) is 0 Å². The van der Waals surface area contributed by atoms with Crippen LogP contribution >= 0.6 is 11.6 Å². The largest absolute Gasteiger partial charge is 0.497 e. The molecule has 26 heavy (non-hydrogen) atoms. The summed E-state index contributed by atoms with van der Waals surface area (Å²) in [6.45, 7) is -0.214. The molecule has 0 bridgehead atoms. The normalized spacial score (nSPS) is 10.4. The van der Waals surface area contributed by atoms with E-state index in [2.05, 4.69) is 15.8 Å². The van der Waals surface area contributed by atoms with Gasteiger partial charge in [-0.15, -0.1) is 0 Å². The summed E-state index contributed by atoms with van der Waals surface area (Å²) in [4.78, 5) is 23.7. The van der Waals surface area contributed by atoms with Crippen molar-refractivity contribution in [3.8, 4) is 11.5 Å². The van der Waals surface area contributed by atoms with E-state index in [9.17, 15) is 9.59 Å². The highest BCUT2D eigenvalue weighted by Gasteiger charge is 2.07. The van der Waals surface area contributed by atoms with Crippen LogP contribution in [-0.2, 0) is 4.79 Å². The second-order valence-electron chi connectivity index (χ2n) is 5.09. The first kappa shape index (κ1) is 19.3. The van der Waals surface area contributed by atoms with Gasteiger partial charge in [-0.05, 0) is 42.5 Å². The number of hydrogen-bond acceptors (Lipinski definition) is 5. The van der Waals surface area contributed by atoms with E-state index in [1.165, 1.54) is 13.3 Å². The second kappa shape index (κ2) is 9.43. The maximum Gasteiger partial charge on any atom is 0.259 e. The molecule has 0 aliphatic carbocycles. The first-order valence-corrected chi connectivity index (χ1v) is 7.99. The molecule has 136 valence electrons. The number of methoxy groups -OCH3 is 2. The number of amides is 2. The number of nitrogens with one attached hydrogen (secondary N) is 2. The van der Waals surface area contributed by atoms with Crippen LogP contribution in [0.2, 0.25) is 5.02 Å². The number of carbonyl (C=O) groups is 2. The van der Waals surface area contributed by atoms with Crippen LogP contribution in [0.25, 0.3) is 0 Å². The first-order valence-electron chi connectivity index (χ1n) is 7.61. The van der Waals surface area contributed by atoms with Gasteiger partial charge in [0.05, 0.1) is 27.0 Å². The zero-order valence-corrected chi connectivity index (χ0v) is 15.0. The average molecular weight is 376 g/mol. The lowest BCUT2D eigenvalue weighted by atomic mass is 10.2. The van der Waals surface area contributed by atoms with Crippen LogP contribution in [0.15, 0.2) is 47.6 Å². The molecule has 0 aromatic heterocycles. The smallest absolute Gasteiger partial charge is 0.259 e. The fourth-order valence-corrected chi connectivity index (χ4v) is 2.14. The van der Waals surface area contributed by atoms with Crippen molar-refractivity contribution in [3.05, 3.63) is 58.6 Å². The molecule has 0 saturated carbocycles. The average Bonchev–Trinajstić information content (AvgIpc) is 2.66. The molecule has 0 fully saturated rings. The van der Waals surface area contributed by atoms with Gasteiger partial charge in [-0.1, -0.05) is 11.6 Å². The molecule has 0 heterocycles. The number of hydrazone groups is 1. The van der Waals surface area contributed by atoms with Gasteiger partial charge in [0.15, 0.2) is 0 Å². The summed E-state index contributed by atoms with van der Waals surface area (Å²) >= 11 is 5.76. The van der Waals surface area contributed by atoms with Crippen LogP contribution in [0.4, 0.5) is 0 Å². The Balaban J connectivity index is 1.87. The summed E-state index contributed by atoms with van der Waals surface area (Å²) in [5.41, 5.74) is 3.38. The van der Waals surface area contributed by atoms with Crippen molar-refractivity contribution in [1.29, 1.82) is 0 Å². The molecular formula is C18H18ClN3O4. The maximum absolute atomic E-state index is 11.9. The summed E-state index contributed by atoms with van der Waals surface area (Å²) in [5.74, 6) is 0.370. The van der Waals surface area contributed by atoms with Gasteiger partial charge in [0.1, 0.15) is 11.5 Å². The lowest BCUT2D eigenvalue weighted by molar-refractivity contribution is -0.120. The van der Waals surface area contributed by atoms with Crippen molar-refractivity contribution in [3.63, 3.8) is 0 Å². The Bertz CT molecular complexity index is 807. The summed E-state index contributed by atoms with van der Waals surface area (Å²) < 4.78 is 10.3. The second-order valence-corrected chi connectivity index (χ2v) is 5.53. The van der Waals surface area contributed by atoms with E-state index in [-0.39, 0.29) is 12.5 Å². The predicted octanol–water partition coefficient (Wildman–Crippen LogP) is 2.24. The summed E-state index contributed by atoms with van der Waals surface area (Å²) in [7, 11) is 3.08. The minimum atomic E-state index is -0.467. The SMILES string of the molecule is COc1ccc(OC)c(/C=N\NC(=O)CNC(=O)c2ccc(Cl)cc2)c1. The standard InChI is InChI=1S/C18H18ClN3O4/c1-25-15-7-8-16(26-2)13(9-15)10-21-22-17(23)11-20-18(24)12-3-5-14(19)6-4-12/h3-10H,11H2,1-2H3,(H,20,24)(H,22,23)/b21-10-. The number of nitrogens with zero attached hydrogens (tertiary/aromatic N) is 1. The molecule has 0 aliphatic heterocycles. The van der Waals surface area contributed by atoms with Crippen molar-refractivity contribution in [2.45, 2.75) is 0 Å². The van der Waals surface area contributed by atoms with Gasteiger partial charge >= 0.3 is 0 Å². The Morgan fingerprint density at radius 1 is 1.12 bits per heavy atom. The quantitative estimate of drug-likeness (QED) is 0.573. The summed E-state index contributed by atoms with van der Waals surface area (Å²) in [6.07, 6.45) is 1.43. The predicted molar refractivity (Wildman–Crippen MR) is 99.1 cm³/mol. The number of ether oxygens (including phenoxy) is 2. The number of halogens is 1. The van der Waals surface area contributed by atoms with E-state index >= 15 is 0 Å². The van der Waals surface area contributed by atoms with Gasteiger partial charge in [-0.2, -0.15) is 5.10 Å². The molecule has 0 spiro atoms. The van der Waals surface area contributed by atoms with Gasteiger partial charge in [-0.25, -0.2) is 5.43 Å². The van der Waals surface area contributed by atoms with Gasteiger partial charge in [-0.3, -0.25) is 9.59 Å². The van der Waals surface area contributed by atoms with E-state index in [4.69, 9.17) is 21.1 Å². The first-order chi connectivity index (χ1) is 12.5. The third-order valence-electron chi connectivity index (χ3n) is 3.35. The van der Waals surface area contributed by atoms with Crippen LogP contribution in [0.1, 0.15) is 15.9 Å². The van der Waals surface area contributed by atoms with Gasteiger partial charge in [0, 0.05) is 16.1 Å². The molecule has 0 saturated heterocycles. The molecule has 8 heteroatoms. The number of carbonyl (C=O) groups excluding carboxylic acids is 2. The van der Waals surface area contributed by atoms with Crippen molar-refractivity contribution >= 4 is 29.6 Å². The van der Waals surface area contributed by atoms with Crippen molar-refractivity contribution in [1.82, 2.24) is 10.7 Å². The van der Waals surface area contributed by atoms with Gasteiger partial charge < -0.3 is 14.8 Å². The van der Waals surface area contributed by atoms with E-state index in [1.807, 2.05) is 0 Å². The van der Waals surface area contributed by atoms with Crippen LogP contribution in [-0.4, -0.2) is 38.8 Å². The fraction of sp³-hybridized carbons (Fsp3) is 0.167. The molecule has 0 aliphatic rings. The van der Waals surface area contributed by atoms with Crippen molar-refractivity contribution in [2.75, 3.05) is 20.8 Å². The maximum atomic E-state index is 11.9. The van der Waals surface area contributed by atoms with E-state index < -0.39 is 5.91 Å². The molecule has 2 rings (SSSR count). The topological polar surface area (TPSA) is 89.0 Å². The zero-order valence-electron chi connectivity index (χ0n) is 14.3. The fourth-order valence-electron chi connectivity index (χ4n) is 2.02. The van der Waals surface area contributed by atoms with Gasteiger partial charge in [0.25, 0.3) is 11.8 Å². The molecule has 2 aromatic rings.